The fraction of sp³-hybridized carbons (Fsp3) is 0.953. The molecule has 0 radical (unpaired) electrons. The van der Waals surface area contributed by atoms with Crippen LogP contribution in [0.5, 0.6) is 0 Å². The van der Waals surface area contributed by atoms with Crippen LogP contribution in [-0.4, -0.2) is 40.8 Å². The number of Topliss-reactive ketones (excluding diaryl/α,β-unsaturated/α-hetero) is 1. The summed E-state index contributed by atoms with van der Waals surface area (Å²) in [7, 11) is 0. The van der Waals surface area contributed by atoms with Crippen LogP contribution in [0.15, 0.2) is 0 Å². The maximum Gasteiger partial charge on any atom is 0.306 e. The van der Waals surface area contributed by atoms with Crippen molar-refractivity contribution in [3.63, 3.8) is 0 Å². The van der Waals surface area contributed by atoms with Crippen molar-refractivity contribution in [3.8, 4) is 0 Å². The second-order valence-corrected chi connectivity index (χ2v) is 14.9. The van der Waals surface area contributed by atoms with Gasteiger partial charge in [-0.3, -0.25) is 9.59 Å². The van der Waals surface area contributed by atoms with Crippen LogP contribution in [0, 0.1) is 0 Å². The van der Waals surface area contributed by atoms with Gasteiger partial charge in [-0.15, -0.1) is 0 Å². The van der Waals surface area contributed by atoms with E-state index in [1.54, 1.807) is 0 Å². The van der Waals surface area contributed by atoms with Gasteiger partial charge in [-0.1, -0.05) is 219 Å². The fourth-order valence-electron chi connectivity index (χ4n) is 6.82. The van der Waals surface area contributed by atoms with Gasteiger partial charge in [-0.05, 0) is 12.8 Å². The van der Waals surface area contributed by atoms with Crippen molar-refractivity contribution in [1.29, 1.82) is 0 Å². The van der Waals surface area contributed by atoms with E-state index < -0.39 is 24.8 Å². The molecular weight excluding hydrogens is 596 g/mol. The molecule has 0 saturated carbocycles. The quantitative estimate of drug-likeness (QED) is 0.0497. The van der Waals surface area contributed by atoms with Gasteiger partial charge < -0.3 is 14.9 Å². The Morgan fingerprint density at radius 1 is 0.417 bits per heavy atom. The van der Waals surface area contributed by atoms with Gasteiger partial charge in [0.05, 0.1) is 6.61 Å². The first kappa shape index (κ1) is 47.1. The molecule has 0 aliphatic carbocycles. The summed E-state index contributed by atoms with van der Waals surface area (Å²) in [4.78, 5) is 25.1. The van der Waals surface area contributed by atoms with Gasteiger partial charge >= 0.3 is 5.97 Å². The first-order chi connectivity index (χ1) is 23.6. The summed E-state index contributed by atoms with van der Waals surface area (Å²) in [6, 6.07) is 0. The molecule has 0 fully saturated rings. The highest BCUT2D eigenvalue weighted by Gasteiger charge is 2.29. The van der Waals surface area contributed by atoms with Gasteiger partial charge in [-0.2, -0.15) is 0 Å². The normalized spacial score (nSPS) is 12.8. The number of carbonyl (C=O) groups is 2. The predicted octanol–water partition coefficient (Wildman–Crippen LogP) is 12.9. The van der Waals surface area contributed by atoms with Crippen LogP contribution in [0.25, 0.3) is 0 Å². The van der Waals surface area contributed by atoms with Crippen LogP contribution in [0.4, 0.5) is 0 Å². The minimum atomic E-state index is -1.34. The average molecular weight is 681 g/mol. The van der Waals surface area contributed by atoms with Crippen LogP contribution < -0.4 is 0 Å². The zero-order valence-corrected chi connectivity index (χ0v) is 32.4. The lowest BCUT2D eigenvalue weighted by molar-refractivity contribution is -0.163. The molecule has 0 rings (SSSR count). The van der Waals surface area contributed by atoms with E-state index in [4.69, 9.17) is 4.74 Å². The van der Waals surface area contributed by atoms with Crippen molar-refractivity contribution in [2.45, 2.75) is 257 Å². The highest BCUT2D eigenvalue weighted by atomic mass is 16.6. The van der Waals surface area contributed by atoms with Crippen LogP contribution >= 0.6 is 0 Å². The SMILES string of the molecule is CCCCCCCCCCCCCCCCCCCCCC(=O)C(OC(=O)CCCCCCCCCCCCCCCCC)C(O)CO. The molecule has 2 N–H and O–H groups in total. The number of unbranched alkanes of at least 4 members (excludes halogenated alkanes) is 32. The molecule has 0 spiro atoms. The molecule has 0 bridgehead atoms. The number of ether oxygens (including phenoxy) is 1. The van der Waals surface area contributed by atoms with Crippen LogP contribution in [0.2, 0.25) is 0 Å². The third kappa shape index (κ3) is 33.6. The van der Waals surface area contributed by atoms with E-state index in [0.717, 1.165) is 38.5 Å². The van der Waals surface area contributed by atoms with Gasteiger partial charge in [0, 0.05) is 12.8 Å². The lowest BCUT2D eigenvalue weighted by atomic mass is 10.0. The van der Waals surface area contributed by atoms with Crippen molar-refractivity contribution in [2.75, 3.05) is 6.61 Å². The Kier molecular flexibility index (Phi) is 38.1. The molecule has 5 heteroatoms. The number of ketones is 1. The van der Waals surface area contributed by atoms with E-state index in [9.17, 15) is 19.8 Å². The Morgan fingerprint density at radius 2 is 0.667 bits per heavy atom. The van der Waals surface area contributed by atoms with Gasteiger partial charge in [0.1, 0.15) is 6.10 Å². The van der Waals surface area contributed by atoms with E-state index in [2.05, 4.69) is 13.8 Å². The molecule has 0 aromatic rings. The minimum Gasteiger partial charge on any atom is -0.451 e. The number of rotatable bonds is 40. The lowest BCUT2D eigenvalue weighted by Crippen LogP contribution is -2.40. The summed E-state index contributed by atoms with van der Waals surface area (Å²) in [6.45, 7) is 3.96. The number of aliphatic hydroxyl groups excluding tert-OH is 2. The van der Waals surface area contributed by atoms with E-state index in [-0.39, 0.29) is 18.6 Å². The van der Waals surface area contributed by atoms with Gasteiger partial charge in [-0.25, -0.2) is 0 Å². The molecule has 2 atom stereocenters. The van der Waals surface area contributed by atoms with Crippen molar-refractivity contribution >= 4 is 11.8 Å². The van der Waals surface area contributed by atoms with Crippen LogP contribution in [-0.2, 0) is 14.3 Å². The Bertz CT molecular complexity index is 666. The molecule has 0 aromatic heterocycles. The Balaban J connectivity index is 3.69. The monoisotopic (exact) mass is 681 g/mol. The molecule has 2 unspecified atom stereocenters. The molecule has 0 amide bonds. The second kappa shape index (κ2) is 38.9. The zero-order chi connectivity index (χ0) is 35.2. The maximum absolute atomic E-state index is 12.7. The number of esters is 1. The van der Waals surface area contributed by atoms with E-state index in [0.29, 0.717) is 0 Å². The summed E-state index contributed by atoms with van der Waals surface area (Å²) in [5.41, 5.74) is 0. The van der Waals surface area contributed by atoms with E-state index in [1.807, 2.05) is 0 Å². The fourth-order valence-corrected chi connectivity index (χ4v) is 6.82. The standard InChI is InChI=1S/C43H84O5/c1-3-5-7-9-11-13-15-17-19-20-21-22-24-25-27-29-31-33-35-37-40(45)43(41(46)39-44)48-42(47)38-36-34-32-30-28-26-23-18-16-14-12-10-8-6-4-2/h41,43-44,46H,3-39H2,1-2H3. The molecule has 0 heterocycles. The first-order valence-electron chi connectivity index (χ1n) is 21.6. The third-order valence-corrected chi connectivity index (χ3v) is 10.1. The van der Waals surface area contributed by atoms with E-state index in [1.165, 1.54) is 180 Å². The maximum atomic E-state index is 12.7. The lowest BCUT2D eigenvalue weighted by Gasteiger charge is -2.20. The molecule has 0 aliphatic heterocycles. The Morgan fingerprint density at radius 3 is 0.938 bits per heavy atom. The molecule has 5 nitrogen and oxygen atoms in total. The summed E-state index contributed by atoms with van der Waals surface area (Å²) in [5.74, 6) is -0.711. The molecule has 48 heavy (non-hydrogen) atoms. The predicted molar refractivity (Wildman–Crippen MR) is 206 cm³/mol. The molecule has 286 valence electrons. The average Bonchev–Trinajstić information content (AvgIpc) is 3.09. The van der Waals surface area contributed by atoms with Gasteiger partial charge in [0.15, 0.2) is 11.9 Å². The topological polar surface area (TPSA) is 83.8 Å². The molecule has 0 aromatic carbocycles. The Hall–Kier alpha value is -0.940. The first-order valence-corrected chi connectivity index (χ1v) is 21.6. The summed E-state index contributed by atoms with van der Waals surface area (Å²) in [5, 5.41) is 19.6. The minimum absolute atomic E-state index is 0.263. The third-order valence-electron chi connectivity index (χ3n) is 10.1. The highest BCUT2D eigenvalue weighted by Crippen LogP contribution is 2.17. The van der Waals surface area contributed by atoms with Crippen molar-refractivity contribution < 1.29 is 24.5 Å². The smallest absolute Gasteiger partial charge is 0.306 e. The number of hydrogen-bond acceptors (Lipinski definition) is 5. The van der Waals surface area contributed by atoms with Crippen LogP contribution in [0.3, 0.4) is 0 Å². The molecule has 0 saturated heterocycles. The van der Waals surface area contributed by atoms with Gasteiger partial charge in [0.2, 0.25) is 0 Å². The van der Waals surface area contributed by atoms with Crippen molar-refractivity contribution in [3.05, 3.63) is 0 Å². The second-order valence-electron chi connectivity index (χ2n) is 14.9. The Labute approximate surface area is 299 Å². The zero-order valence-electron chi connectivity index (χ0n) is 32.4. The molecule has 0 aliphatic rings. The van der Waals surface area contributed by atoms with Crippen molar-refractivity contribution in [2.24, 2.45) is 0 Å². The summed E-state index contributed by atoms with van der Waals surface area (Å²) < 4.78 is 5.38. The summed E-state index contributed by atoms with van der Waals surface area (Å²) in [6.07, 6.45) is 41.7. The largest absolute Gasteiger partial charge is 0.451 e. The number of carbonyl (C=O) groups excluding carboxylic acids is 2. The number of aliphatic hydroxyl groups is 2. The van der Waals surface area contributed by atoms with E-state index >= 15 is 0 Å². The van der Waals surface area contributed by atoms with Crippen LogP contribution in [0.1, 0.15) is 245 Å². The highest BCUT2D eigenvalue weighted by molar-refractivity contribution is 5.86. The molecular formula is C43H84O5. The summed E-state index contributed by atoms with van der Waals surface area (Å²) >= 11 is 0. The van der Waals surface area contributed by atoms with Crippen molar-refractivity contribution in [1.82, 2.24) is 0 Å². The van der Waals surface area contributed by atoms with Gasteiger partial charge in [0.25, 0.3) is 0 Å². The number of hydrogen-bond donors (Lipinski definition) is 2.